The number of phenolic OH excluding ortho intramolecular Hbond substituents is 1. The van der Waals surface area contributed by atoms with E-state index in [0.717, 1.165) is 16.6 Å². The molecule has 0 amide bonds. The predicted molar refractivity (Wildman–Crippen MR) is 52.9 cm³/mol. The minimum absolute atomic E-state index is 0. The molecule has 69 valence electrons. The molecule has 0 unspecified atom stereocenters. The zero-order chi connectivity index (χ0) is 9.42. The number of para-hydroxylation sites is 1. The third-order valence-corrected chi connectivity index (χ3v) is 2.15. The first kappa shape index (κ1) is 11.6. The Kier molecular flexibility index (Phi) is 3.62. The standard InChI is InChI=1S/C11H11NO.Y/c1-7-6-8(2)12-11-9(7)4-3-5-10(11)13;/h3-6,13H,1-2H3;. The van der Waals surface area contributed by atoms with Gasteiger partial charge in [0.05, 0.1) is 0 Å². The quantitative estimate of drug-likeness (QED) is 0.791. The molecule has 1 aromatic carbocycles. The van der Waals surface area contributed by atoms with Gasteiger partial charge >= 0.3 is 0 Å². The van der Waals surface area contributed by atoms with Crippen molar-refractivity contribution in [2.45, 2.75) is 13.8 Å². The van der Waals surface area contributed by atoms with Gasteiger partial charge in [0.2, 0.25) is 0 Å². The summed E-state index contributed by atoms with van der Waals surface area (Å²) in [5, 5.41) is 10.6. The first-order valence-corrected chi connectivity index (χ1v) is 4.24. The van der Waals surface area contributed by atoms with Crippen LogP contribution < -0.4 is 0 Å². The third kappa shape index (κ3) is 1.96. The zero-order valence-corrected chi connectivity index (χ0v) is 11.1. The smallest absolute Gasteiger partial charge is 0.141 e. The topological polar surface area (TPSA) is 33.1 Å². The van der Waals surface area contributed by atoms with Gasteiger partial charge in [0, 0.05) is 43.8 Å². The molecule has 2 aromatic rings. The summed E-state index contributed by atoms with van der Waals surface area (Å²) >= 11 is 0. The summed E-state index contributed by atoms with van der Waals surface area (Å²) in [6.45, 7) is 3.95. The van der Waals surface area contributed by atoms with Crippen molar-refractivity contribution in [3.05, 3.63) is 35.5 Å². The van der Waals surface area contributed by atoms with Crippen LogP contribution in [-0.4, -0.2) is 10.1 Å². The number of benzene rings is 1. The van der Waals surface area contributed by atoms with Crippen molar-refractivity contribution in [2.75, 3.05) is 0 Å². The fourth-order valence-electron chi connectivity index (χ4n) is 1.57. The predicted octanol–water partition coefficient (Wildman–Crippen LogP) is 2.55. The van der Waals surface area contributed by atoms with Gasteiger partial charge in [-0.25, -0.2) is 4.98 Å². The first-order chi connectivity index (χ1) is 6.18. The largest absolute Gasteiger partial charge is 0.506 e. The van der Waals surface area contributed by atoms with Crippen LogP contribution in [-0.2, 0) is 32.7 Å². The van der Waals surface area contributed by atoms with Crippen molar-refractivity contribution in [3.63, 3.8) is 0 Å². The number of fused-ring (bicyclic) bond motifs is 1. The molecule has 1 aromatic heterocycles. The van der Waals surface area contributed by atoms with Crippen LogP contribution in [0.1, 0.15) is 11.3 Å². The van der Waals surface area contributed by atoms with Gasteiger partial charge in [-0.1, -0.05) is 12.1 Å². The molecule has 0 fully saturated rings. The van der Waals surface area contributed by atoms with Crippen molar-refractivity contribution in [2.24, 2.45) is 0 Å². The van der Waals surface area contributed by atoms with Crippen LogP contribution in [0.5, 0.6) is 5.75 Å². The molecule has 0 aliphatic rings. The van der Waals surface area contributed by atoms with E-state index >= 15 is 0 Å². The fourth-order valence-corrected chi connectivity index (χ4v) is 1.57. The van der Waals surface area contributed by atoms with Gasteiger partial charge in [0.15, 0.2) is 0 Å². The summed E-state index contributed by atoms with van der Waals surface area (Å²) in [6.07, 6.45) is 0. The van der Waals surface area contributed by atoms with Gasteiger partial charge in [0.25, 0.3) is 0 Å². The number of hydrogen-bond acceptors (Lipinski definition) is 2. The number of rotatable bonds is 0. The molecule has 0 aliphatic heterocycles. The normalized spacial score (nSPS) is 9.86. The second kappa shape index (κ2) is 4.37. The third-order valence-electron chi connectivity index (χ3n) is 2.15. The van der Waals surface area contributed by atoms with Gasteiger partial charge in [0.1, 0.15) is 11.3 Å². The van der Waals surface area contributed by atoms with Crippen molar-refractivity contribution in [3.8, 4) is 5.75 Å². The number of aryl methyl sites for hydroxylation is 2. The number of pyridine rings is 1. The van der Waals surface area contributed by atoms with E-state index in [1.165, 1.54) is 0 Å². The van der Waals surface area contributed by atoms with E-state index in [0.29, 0.717) is 5.52 Å². The Morgan fingerprint density at radius 2 is 1.93 bits per heavy atom. The maximum absolute atomic E-state index is 9.56. The minimum Gasteiger partial charge on any atom is -0.506 e. The Morgan fingerprint density at radius 3 is 2.64 bits per heavy atom. The Bertz CT molecular complexity index is 468. The number of phenols is 1. The van der Waals surface area contributed by atoms with E-state index in [4.69, 9.17) is 0 Å². The summed E-state index contributed by atoms with van der Waals surface area (Å²) in [7, 11) is 0. The average molecular weight is 262 g/mol. The monoisotopic (exact) mass is 262 g/mol. The maximum atomic E-state index is 9.56. The summed E-state index contributed by atoms with van der Waals surface area (Å²) in [5.74, 6) is 0.254. The van der Waals surface area contributed by atoms with Crippen molar-refractivity contribution in [1.82, 2.24) is 4.98 Å². The van der Waals surface area contributed by atoms with E-state index in [2.05, 4.69) is 4.98 Å². The Labute approximate surface area is 108 Å². The summed E-state index contributed by atoms with van der Waals surface area (Å²) < 4.78 is 0. The zero-order valence-electron chi connectivity index (χ0n) is 8.28. The SMILES string of the molecule is Cc1cc(C)c2cccc(O)c2n1.[Y]. The Hall–Kier alpha value is -0.466. The molecular weight excluding hydrogens is 251 g/mol. The van der Waals surface area contributed by atoms with E-state index in [1.807, 2.05) is 32.0 Å². The van der Waals surface area contributed by atoms with Gasteiger partial charge in [-0.2, -0.15) is 0 Å². The van der Waals surface area contributed by atoms with Gasteiger partial charge in [-0.05, 0) is 31.5 Å². The minimum atomic E-state index is 0. The van der Waals surface area contributed by atoms with Gasteiger partial charge in [-0.15, -0.1) is 0 Å². The molecule has 3 heteroatoms. The van der Waals surface area contributed by atoms with E-state index < -0.39 is 0 Å². The second-order valence-corrected chi connectivity index (χ2v) is 3.25. The van der Waals surface area contributed by atoms with Crippen LogP contribution >= 0.6 is 0 Å². The van der Waals surface area contributed by atoms with Crippen molar-refractivity contribution >= 4 is 10.9 Å². The number of aromatic hydroxyl groups is 1. The van der Waals surface area contributed by atoms with Crippen molar-refractivity contribution < 1.29 is 37.8 Å². The van der Waals surface area contributed by atoms with Gasteiger partial charge in [-0.3, -0.25) is 0 Å². The summed E-state index contributed by atoms with van der Waals surface area (Å²) in [4.78, 5) is 4.29. The molecule has 0 aliphatic carbocycles. The molecular formula is C11H11NOY. The molecule has 1 heterocycles. The molecule has 0 saturated carbocycles. The molecule has 1 radical (unpaired) electrons. The van der Waals surface area contributed by atoms with Crippen LogP contribution in [0.15, 0.2) is 24.3 Å². The second-order valence-electron chi connectivity index (χ2n) is 3.25. The van der Waals surface area contributed by atoms with Crippen LogP contribution in [0.3, 0.4) is 0 Å². The molecule has 0 spiro atoms. The number of aromatic nitrogens is 1. The number of hydrogen-bond donors (Lipinski definition) is 1. The molecule has 0 atom stereocenters. The molecule has 2 rings (SSSR count). The molecule has 0 saturated heterocycles. The van der Waals surface area contributed by atoms with Crippen LogP contribution in [0, 0.1) is 13.8 Å². The summed E-state index contributed by atoms with van der Waals surface area (Å²) in [5.41, 5.74) is 2.78. The van der Waals surface area contributed by atoms with Crippen molar-refractivity contribution in [1.29, 1.82) is 0 Å². The molecule has 2 nitrogen and oxygen atoms in total. The van der Waals surface area contributed by atoms with E-state index in [1.54, 1.807) is 6.07 Å². The molecule has 1 N–H and O–H groups in total. The van der Waals surface area contributed by atoms with E-state index in [9.17, 15) is 5.11 Å². The van der Waals surface area contributed by atoms with Crippen LogP contribution in [0.2, 0.25) is 0 Å². The Morgan fingerprint density at radius 1 is 1.21 bits per heavy atom. The maximum Gasteiger partial charge on any atom is 0.141 e. The summed E-state index contributed by atoms with van der Waals surface area (Å²) in [6, 6.07) is 7.48. The average Bonchev–Trinajstić information content (AvgIpc) is 2.07. The first-order valence-electron chi connectivity index (χ1n) is 4.24. The van der Waals surface area contributed by atoms with E-state index in [-0.39, 0.29) is 38.5 Å². The molecule has 0 bridgehead atoms. The van der Waals surface area contributed by atoms with Crippen LogP contribution in [0.4, 0.5) is 0 Å². The Balaban J connectivity index is 0.000000980. The van der Waals surface area contributed by atoms with Crippen LogP contribution in [0.25, 0.3) is 10.9 Å². The fraction of sp³-hybridized carbons (Fsp3) is 0.182. The molecule has 14 heavy (non-hydrogen) atoms. The number of nitrogens with zero attached hydrogens (tertiary/aromatic N) is 1. The van der Waals surface area contributed by atoms with Gasteiger partial charge < -0.3 is 5.11 Å².